The van der Waals surface area contributed by atoms with E-state index in [4.69, 9.17) is 0 Å². The molecule has 2 atom stereocenters. The molecule has 0 bridgehead atoms. The van der Waals surface area contributed by atoms with Crippen LogP contribution in [0.3, 0.4) is 0 Å². The summed E-state index contributed by atoms with van der Waals surface area (Å²) in [5, 5.41) is 2.70. The molecule has 6 aromatic rings. The van der Waals surface area contributed by atoms with E-state index in [0.717, 1.165) is 20.6 Å². The molecule has 264 valence electrons. The van der Waals surface area contributed by atoms with Crippen LogP contribution in [-0.2, 0) is 9.59 Å². The van der Waals surface area contributed by atoms with E-state index in [2.05, 4.69) is 0 Å². The highest BCUT2D eigenvalue weighted by atomic mass is 16.2. The summed E-state index contributed by atoms with van der Waals surface area (Å²) in [5.74, 6) is -3.07. The molecule has 0 unspecified atom stereocenters. The zero-order valence-electron chi connectivity index (χ0n) is 29.1. The van der Waals surface area contributed by atoms with Crippen LogP contribution < -0.4 is 9.80 Å². The summed E-state index contributed by atoms with van der Waals surface area (Å²) in [5.41, 5.74) is 3.21. The van der Waals surface area contributed by atoms with Crippen molar-refractivity contribution in [1.29, 1.82) is 0 Å². The quantitative estimate of drug-likeness (QED) is 0.176. The number of para-hydroxylation sites is 2. The third kappa shape index (κ3) is 5.02. The molecule has 0 N–H and O–H groups in total. The van der Waals surface area contributed by atoms with Crippen molar-refractivity contribution in [3.8, 4) is 0 Å². The molecule has 3 aliphatic rings. The van der Waals surface area contributed by atoms with Gasteiger partial charge in [0, 0.05) is 50.4 Å². The van der Waals surface area contributed by atoms with Gasteiger partial charge < -0.3 is 9.80 Å². The lowest BCUT2D eigenvalue weighted by Crippen LogP contribution is -2.53. The number of rotatable bonds is 6. The standard InChI is InChI=1S/C44H32N4O6/c1-26-23-36(48(29-15-3-2-4-16-29)38(50)25-46-43(53)33-20-9-13-28-14-10-21-34(40(28)33)44(46)54)30-17-5-6-22-35(30)47(26)37(49)24-45-41(51)31-18-7-11-27-12-8-19-32(39(27)31)42(45)52/h2-22,26,36H,23-25H2,1H3/t26-,36-/m1/s1. The summed E-state index contributed by atoms with van der Waals surface area (Å²) < 4.78 is 0. The minimum Gasteiger partial charge on any atom is -0.308 e. The maximum Gasteiger partial charge on any atom is 0.261 e. The maximum absolute atomic E-state index is 14.6. The molecule has 54 heavy (non-hydrogen) atoms. The van der Waals surface area contributed by atoms with Crippen LogP contribution in [0.1, 0.15) is 66.4 Å². The lowest BCUT2D eigenvalue weighted by Gasteiger charge is -2.44. The van der Waals surface area contributed by atoms with Crippen molar-refractivity contribution in [2.75, 3.05) is 22.9 Å². The van der Waals surface area contributed by atoms with Crippen LogP contribution in [0.4, 0.5) is 11.4 Å². The first-order chi connectivity index (χ1) is 26.2. The molecule has 3 aliphatic heterocycles. The first-order valence-corrected chi connectivity index (χ1v) is 17.8. The van der Waals surface area contributed by atoms with Gasteiger partial charge >= 0.3 is 0 Å². The largest absolute Gasteiger partial charge is 0.308 e. The lowest BCUT2D eigenvalue weighted by atomic mass is 9.89. The van der Waals surface area contributed by atoms with E-state index in [1.54, 1.807) is 82.6 Å². The number of carbonyl (C=O) groups is 6. The number of carbonyl (C=O) groups excluding carboxylic acids is 6. The van der Waals surface area contributed by atoms with Gasteiger partial charge in [-0.2, -0.15) is 0 Å². The highest BCUT2D eigenvalue weighted by Gasteiger charge is 2.42. The van der Waals surface area contributed by atoms with Gasteiger partial charge in [0.05, 0.1) is 6.04 Å². The molecule has 6 aromatic carbocycles. The predicted molar refractivity (Wildman–Crippen MR) is 203 cm³/mol. The predicted octanol–water partition coefficient (Wildman–Crippen LogP) is 6.78. The molecule has 0 fully saturated rings. The summed E-state index contributed by atoms with van der Waals surface area (Å²) in [6, 6.07) is 36.3. The maximum atomic E-state index is 14.6. The van der Waals surface area contributed by atoms with Gasteiger partial charge in [-0.15, -0.1) is 0 Å². The average molecular weight is 713 g/mol. The highest BCUT2D eigenvalue weighted by molar-refractivity contribution is 6.27. The molecule has 10 nitrogen and oxygen atoms in total. The van der Waals surface area contributed by atoms with E-state index >= 15 is 0 Å². The SMILES string of the molecule is C[C@@H]1C[C@@H](N(C(=O)CN2C(=O)c3cccc4cccc(c34)C2=O)c2ccccc2)c2ccccc2N1C(=O)CN1C(=O)c2cccc3cccc(c23)C1=O. The van der Waals surface area contributed by atoms with Gasteiger partial charge in [-0.05, 0) is 72.1 Å². The van der Waals surface area contributed by atoms with Crippen LogP contribution in [0.5, 0.6) is 0 Å². The third-order valence-electron chi connectivity index (χ3n) is 10.7. The Morgan fingerprint density at radius 2 is 1.04 bits per heavy atom. The summed E-state index contributed by atoms with van der Waals surface area (Å²) in [7, 11) is 0. The number of imide groups is 2. The van der Waals surface area contributed by atoms with E-state index in [1.807, 2.05) is 61.5 Å². The number of benzene rings is 6. The smallest absolute Gasteiger partial charge is 0.261 e. The molecule has 6 amide bonds. The van der Waals surface area contributed by atoms with Gasteiger partial charge in [0.2, 0.25) is 11.8 Å². The van der Waals surface area contributed by atoms with Crippen molar-refractivity contribution in [3.63, 3.8) is 0 Å². The number of nitrogens with zero attached hydrogens (tertiary/aromatic N) is 4. The molecule has 9 rings (SSSR count). The van der Waals surface area contributed by atoms with Crippen molar-refractivity contribution in [1.82, 2.24) is 9.80 Å². The highest BCUT2D eigenvalue weighted by Crippen LogP contribution is 2.43. The van der Waals surface area contributed by atoms with E-state index in [-0.39, 0.29) is 6.42 Å². The summed E-state index contributed by atoms with van der Waals surface area (Å²) in [6.45, 7) is 0.889. The number of anilines is 2. The minimum absolute atomic E-state index is 0.289. The van der Waals surface area contributed by atoms with E-state index in [1.165, 1.54) is 0 Å². The molecule has 0 aromatic heterocycles. The van der Waals surface area contributed by atoms with Gasteiger partial charge in [-0.1, -0.05) is 84.9 Å². The molecule has 0 saturated carbocycles. The van der Waals surface area contributed by atoms with Crippen LogP contribution in [0, 0.1) is 0 Å². The van der Waals surface area contributed by atoms with Gasteiger partial charge in [0.1, 0.15) is 13.1 Å². The third-order valence-corrected chi connectivity index (χ3v) is 10.7. The summed E-state index contributed by atoms with van der Waals surface area (Å²) >= 11 is 0. The Bertz CT molecular complexity index is 2520. The Balaban J connectivity index is 1.04. The van der Waals surface area contributed by atoms with Gasteiger partial charge in [0.25, 0.3) is 23.6 Å². The zero-order valence-corrected chi connectivity index (χ0v) is 29.1. The Hall–Kier alpha value is -6.94. The average Bonchev–Trinajstić information content (AvgIpc) is 3.19. The second kappa shape index (κ2) is 12.6. The molecule has 10 heteroatoms. The molecule has 3 heterocycles. The van der Waals surface area contributed by atoms with E-state index in [9.17, 15) is 28.8 Å². The van der Waals surface area contributed by atoms with Crippen LogP contribution >= 0.6 is 0 Å². The van der Waals surface area contributed by atoms with Crippen molar-refractivity contribution < 1.29 is 28.8 Å². The number of hydrogen-bond donors (Lipinski definition) is 0. The molecule has 0 saturated heterocycles. The van der Waals surface area contributed by atoms with Crippen LogP contribution in [0.15, 0.2) is 127 Å². The molecule has 0 radical (unpaired) electrons. The fourth-order valence-electron chi connectivity index (χ4n) is 8.36. The van der Waals surface area contributed by atoms with Crippen LogP contribution in [-0.4, -0.2) is 64.4 Å². The fraction of sp³-hybridized carbons (Fsp3) is 0.136. The molecule has 0 spiro atoms. The van der Waals surface area contributed by atoms with Gasteiger partial charge in [-0.3, -0.25) is 38.6 Å². The Morgan fingerprint density at radius 3 is 1.56 bits per heavy atom. The Labute approximate surface area is 309 Å². The second-order valence-corrected chi connectivity index (χ2v) is 13.8. The number of fused-ring (bicyclic) bond motifs is 1. The Kier molecular flexibility index (Phi) is 7.70. The second-order valence-electron chi connectivity index (χ2n) is 13.8. The first kappa shape index (κ1) is 32.9. The summed E-state index contributed by atoms with van der Waals surface area (Å²) in [6.07, 6.45) is 0.289. The lowest BCUT2D eigenvalue weighted by molar-refractivity contribution is -0.119. The van der Waals surface area contributed by atoms with E-state index < -0.39 is 60.6 Å². The Morgan fingerprint density at radius 1 is 0.574 bits per heavy atom. The topological polar surface area (TPSA) is 115 Å². The van der Waals surface area contributed by atoms with Crippen LogP contribution in [0.2, 0.25) is 0 Å². The normalized spacial score (nSPS) is 17.6. The van der Waals surface area contributed by atoms with Crippen molar-refractivity contribution in [3.05, 3.63) is 155 Å². The van der Waals surface area contributed by atoms with Gasteiger partial charge in [-0.25, -0.2) is 0 Å². The molecular formula is C44H32N4O6. The van der Waals surface area contributed by atoms with Gasteiger partial charge in [0.15, 0.2) is 0 Å². The minimum atomic E-state index is -0.594. The summed E-state index contributed by atoms with van der Waals surface area (Å²) in [4.78, 5) is 89.2. The zero-order chi connectivity index (χ0) is 37.2. The van der Waals surface area contributed by atoms with Crippen molar-refractivity contribution >= 4 is 68.4 Å². The monoisotopic (exact) mass is 712 g/mol. The molecular weight excluding hydrogens is 681 g/mol. The first-order valence-electron chi connectivity index (χ1n) is 17.8. The number of amides is 6. The van der Waals surface area contributed by atoms with Crippen LogP contribution in [0.25, 0.3) is 21.5 Å². The number of hydrogen-bond acceptors (Lipinski definition) is 6. The molecule has 0 aliphatic carbocycles. The van der Waals surface area contributed by atoms with E-state index in [0.29, 0.717) is 50.0 Å². The fourth-order valence-corrected chi connectivity index (χ4v) is 8.36. The van der Waals surface area contributed by atoms with Crippen molar-refractivity contribution in [2.45, 2.75) is 25.4 Å². The van der Waals surface area contributed by atoms with Crippen molar-refractivity contribution in [2.24, 2.45) is 0 Å².